The van der Waals surface area contributed by atoms with Crippen LogP contribution in [-0.4, -0.2) is 16.7 Å². The normalized spacial score (nSPS) is 15.2. The van der Waals surface area contributed by atoms with Gasteiger partial charge in [0.25, 0.3) is 0 Å². The molecule has 0 saturated heterocycles. The van der Waals surface area contributed by atoms with Gasteiger partial charge in [-0.05, 0) is 0 Å². The molecule has 0 unspecified atom stereocenters. The van der Waals surface area contributed by atoms with Gasteiger partial charge in [-0.15, -0.1) is 0 Å². The summed E-state index contributed by atoms with van der Waals surface area (Å²) in [6, 6.07) is 38.7. The first-order valence-electron chi connectivity index (χ1n) is 10.2. The number of rotatable bonds is 4. The van der Waals surface area contributed by atoms with E-state index in [1.165, 1.54) is 0 Å². The number of amidine groups is 2. The van der Waals surface area contributed by atoms with Crippen LogP contribution in [0.1, 0.15) is 22.3 Å². The summed E-state index contributed by atoms with van der Waals surface area (Å²) >= 11 is 0. The Morgan fingerprint density at radius 2 is 0.968 bits per heavy atom. The third-order valence-corrected chi connectivity index (χ3v) is 5.38. The van der Waals surface area contributed by atoms with E-state index >= 15 is 0 Å². The smallest absolute Gasteiger partial charge is 0.177 e. The van der Waals surface area contributed by atoms with E-state index in [4.69, 9.17) is 9.98 Å². The average molecular weight is 402 g/mol. The molecule has 4 nitrogen and oxygen atoms in total. The van der Waals surface area contributed by atoms with Crippen molar-refractivity contribution >= 4 is 11.7 Å². The topological polar surface area (TPSA) is 51.0 Å². The summed E-state index contributed by atoms with van der Waals surface area (Å²) in [7, 11) is 0. The molecule has 4 heteroatoms. The minimum absolute atomic E-state index is 0.335. The summed E-state index contributed by atoms with van der Waals surface area (Å²) < 4.78 is 0. The predicted octanol–water partition coefficient (Wildman–Crippen LogP) is 5.59. The maximum absolute atomic E-state index is 14.1. The van der Waals surface area contributed by atoms with Crippen LogP contribution in [0.4, 0.5) is 0 Å². The van der Waals surface area contributed by atoms with Gasteiger partial charge in [0.15, 0.2) is 11.5 Å². The molecule has 0 aliphatic carbocycles. The van der Waals surface area contributed by atoms with Gasteiger partial charge in [0.1, 0.15) is 5.84 Å². The van der Waals surface area contributed by atoms with Gasteiger partial charge in [-0.2, -0.15) is 0 Å². The van der Waals surface area contributed by atoms with Crippen molar-refractivity contribution in [2.24, 2.45) is 9.98 Å². The molecule has 1 heterocycles. The zero-order chi connectivity index (χ0) is 21.1. The molecule has 0 fully saturated rings. The molecule has 0 spiro atoms. The summed E-state index contributed by atoms with van der Waals surface area (Å²) in [6.07, 6.45) is 0. The van der Waals surface area contributed by atoms with E-state index in [2.05, 4.69) is 0 Å². The molecule has 4 aromatic rings. The third kappa shape index (κ3) is 3.33. The molecule has 150 valence electrons. The molecule has 0 radical (unpaired) electrons. The van der Waals surface area contributed by atoms with Crippen molar-refractivity contribution in [3.8, 4) is 0 Å². The molecule has 1 aliphatic rings. The number of aliphatic imine (C=N–C) groups is 2. The Hall–Kier alpha value is -4.02. The van der Waals surface area contributed by atoms with Crippen molar-refractivity contribution < 1.29 is 0 Å². The minimum atomic E-state index is -1.29. The molecule has 0 N–H and O–H groups in total. The molecule has 0 amide bonds. The summed E-state index contributed by atoms with van der Waals surface area (Å²) in [4.78, 5) is 9.75. The van der Waals surface area contributed by atoms with Gasteiger partial charge in [-0.3, -0.25) is 0 Å². The first-order chi connectivity index (χ1) is 15.3. The summed E-state index contributed by atoms with van der Waals surface area (Å²) in [5, 5.41) is 15.0. The van der Waals surface area contributed by atoms with E-state index < -0.39 is 5.66 Å². The van der Waals surface area contributed by atoms with Crippen LogP contribution in [0.25, 0.3) is 0 Å². The monoisotopic (exact) mass is 402 g/mol. The van der Waals surface area contributed by atoms with E-state index in [1.54, 1.807) is 0 Å². The van der Waals surface area contributed by atoms with E-state index in [-0.39, 0.29) is 0 Å². The van der Waals surface area contributed by atoms with Crippen LogP contribution in [0.15, 0.2) is 131 Å². The van der Waals surface area contributed by atoms with Crippen LogP contribution < -0.4 is 0 Å². The Labute approximate surface area is 181 Å². The van der Waals surface area contributed by atoms with Crippen LogP contribution in [-0.2, 0) is 5.66 Å². The summed E-state index contributed by atoms with van der Waals surface area (Å²) in [6.45, 7) is 0. The lowest BCUT2D eigenvalue weighted by Gasteiger charge is -2.50. The number of hydrogen-bond donors (Lipinski definition) is 0. The van der Waals surface area contributed by atoms with Crippen LogP contribution >= 0.6 is 0 Å². The van der Waals surface area contributed by atoms with E-state index in [0.29, 0.717) is 11.7 Å². The highest BCUT2D eigenvalue weighted by Crippen LogP contribution is 2.41. The van der Waals surface area contributed by atoms with Crippen LogP contribution in [0.2, 0.25) is 0 Å². The van der Waals surface area contributed by atoms with Gasteiger partial charge in [-0.25, -0.2) is 9.98 Å². The third-order valence-electron chi connectivity index (χ3n) is 5.38. The first-order valence-corrected chi connectivity index (χ1v) is 10.2. The van der Waals surface area contributed by atoms with Gasteiger partial charge in [0.05, 0.1) is 0 Å². The van der Waals surface area contributed by atoms with E-state index in [9.17, 15) is 5.21 Å². The van der Waals surface area contributed by atoms with Crippen molar-refractivity contribution in [3.05, 3.63) is 149 Å². The molecular weight excluding hydrogens is 382 g/mol. The highest BCUT2D eigenvalue weighted by molar-refractivity contribution is 6.13. The fourth-order valence-electron chi connectivity index (χ4n) is 3.88. The zero-order valence-corrected chi connectivity index (χ0v) is 16.8. The lowest BCUT2D eigenvalue weighted by atomic mass is 9.89. The van der Waals surface area contributed by atoms with Crippen molar-refractivity contribution in [3.63, 3.8) is 0 Å². The quantitative estimate of drug-likeness (QED) is 0.446. The average Bonchev–Trinajstić information content (AvgIpc) is 2.86. The van der Waals surface area contributed by atoms with Crippen LogP contribution in [0.3, 0.4) is 0 Å². The van der Waals surface area contributed by atoms with Gasteiger partial charge < -0.3 is 10.3 Å². The van der Waals surface area contributed by atoms with Gasteiger partial charge in [0, 0.05) is 22.3 Å². The maximum Gasteiger partial charge on any atom is 0.177 e. The molecule has 5 rings (SSSR count). The first kappa shape index (κ1) is 19.0. The number of hydrogen-bond acceptors (Lipinski definition) is 4. The van der Waals surface area contributed by atoms with E-state index in [0.717, 1.165) is 27.3 Å². The van der Waals surface area contributed by atoms with Gasteiger partial charge >= 0.3 is 0 Å². The Morgan fingerprint density at radius 3 is 1.45 bits per heavy atom. The number of hydroxylamine groups is 2. The molecular formula is C27H20N3O-. The maximum atomic E-state index is 14.1. The molecule has 4 aromatic carbocycles. The highest BCUT2D eigenvalue weighted by Gasteiger charge is 2.40. The fraction of sp³-hybridized carbons (Fsp3) is 0.0370. The standard InChI is InChI=1S/C27H20N3O/c31-30-26(22-15-7-2-8-16-22)28-25(21-13-5-1-6-14-21)29-27(30,23-17-9-3-10-18-23)24-19-11-4-12-20-24/h1-20H/q-1. The summed E-state index contributed by atoms with van der Waals surface area (Å²) in [5.74, 6) is 0.862. The van der Waals surface area contributed by atoms with Crippen molar-refractivity contribution in [2.75, 3.05) is 0 Å². The highest BCUT2D eigenvalue weighted by atomic mass is 16.5. The largest absolute Gasteiger partial charge is 0.755 e. The second kappa shape index (κ2) is 8.01. The second-order valence-electron chi connectivity index (χ2n) is 7.30. The lowest BCUT2D eigenvalue weighted by molar-refractivity contribution is 0.299. The van der Waals surface area contributed by atoms with Crippen LogP contribution in [0.5, 0.6) is 0 Å². The van der Waals surface area contributed by atoms with Gasteiger partial charge in [-0.1, -0.05) is 121 Å². The number of nitrogens with zero attached hydrogens (tertiary/aromatic N) is 3. The molecule has 31 heavy (non-hydrogen) atoms. The Bertz CT molecular complexity index is 1180. The van der Waals surface area contributed by atoms with Crippen molar-refractivity contribution in [1.82, 2.24) is 5.06 Å². The Kier molecular flexibility index (Phi) is 4.90. The molecule has 0 aromatic heterocycles. The molecule has 0 bridgehead atoms. The van der Waals surface area contributed by atoms with Gasteiger partial charge in [0.2, 0.25) is 0 Å². The minimum Gasteiger partial charge on any atom is -0.755 e. The van der Waals surface area contributed by atoms with E-state index in [1.807, 2.05) is 121 Å². The molecule has 0 atom stereocenters. The SMILES string of the molecule is [O-]N1C(c2ccccc2)=NC(c2ccccc2)=NC1(c1ccccc1)c1ccccc1. The zero-order valence-electron chi connectivity index (χ0n) is 16.8. The van der Waals surface area contributed by atoms with Crippen molar-refractivity contribution in [2.45, 2.75) is 5.66 Å². The van der Waals surface area contributed by atoms with Crippen molar-refractivity contribution in [1.29, 1.82) is 0 Å². The lowest BCUT2D eigenvalue weighted by Crippen LogP contribution is -2.49. The predicted molar refractivity (Wildman–Crippen MR) is 125 cm³/mol. The van der Waals surface area contributed by atoms with Crippen LogP contribution in [0, 0.1) is 5.21 Å². The molecule has 1 aliphatic heterocycles. The Morgan fingerprint density at radius 1 is 0.548 bits per heavy atom. The summed E-state index contributed by atoms with van der Waals surface area (Å²) in [5.41, 5.74) is 1.89. The molecule has 0 saturated carbocycles. The Balaban J connectivity index is 1.83. The number of benzene rings is 4. The second-order valence-corrected chi connectivity index (χ2v) is 7.30. The fourth-order valence-corrected chi connectivity index (χ4v) is 3.88.